The Labute approximate surface area is 177 Å². The number of aromatic nitrogens is 1. The Morgan fingerprint density at radius 1 is 1.14 bits per heavy atom. The number of rotatable bonds is 6. The van der Waals surface area contributed by atoms with Gasteiger partial charge in [-0.3, -0.25) is 0 Å². The number of allylic oxidation sites excluding steroid dienone is 1. The zero-order valence-corrected chi connectivity index (χ0v) is 18.2. The van der Waals surface area contributed by atoms with Gasteiger partial charge in [-0.1, -0.05) is 30.3 Å². The number of fused-ring (bicyclic) bond motifs is 1. The molecule has 0 aliphatic heterocycles. The van der Waals surface area contributed by atoms with Crippen molar-refractivity contribution in [3.63, 3.8) is 0 Å². The number of halogens is 2. The van der Waals surface area contributed by atoms with Crippen molar-refractivity contribution < 1.29 is 12.8 Å². The van der Waals surface area contributed by atoms with Gasteiger partial charge in [-0.05, 0) is 36.8 Å². The van der Waals surface area contributed by atoms with E-state index in [4.69, 9.17) is 5.73 Å². The molecule has 0 unspecified atom stereocenters. The van der Waals surface area contributed by atoms with Crippen molar-refractivity contribution in [3.8, 4) is 11.1 Å². The van der Waals surface area contributed by atoms with Gasteiger partial charge in [-0.2, -0.15) is 0 Å². The highest BCUT2D eigenvalue weighted by molar-refractivity contribution is 7.89. The third-order valence-corrected chi connectivity index (χ3v) is 6.63. The highest BCUT2D eigenvalue weighted by atomic mass is 35.5. The van der Waals surface area contributed by atoms with Gasteiger partial charge < -0.3 is 10.3 Å². The van der Waals surface area contributed by atoms with Crippen LogP contribution in [0.1, 0.15) is 5.69 Å². The topological polar surface area (TPSA) is 68.3 Å². The number of hydrogen-bond acceptors (Lipinski definition) is 3. The molecule has 1 aromatic heterocycles. The summed E-state index contributed by atoms with van der Waals surface area (Å²) in [5.74, 6) is -0.287. The van der Waals surface area contributed by atoms with Gasteiger partial charge in [0.15, 0.2) is 0 Å². The van der Waals surface area contributed by atoms with Crippen LogP contribution in [0.3, 0.4) is 0 Å². The van der Waals surface area contributed by atoms with E-state index in [0.717, 1.165) is 27.7 Å². The molecule has 0 spiro atoms. The molecule has 0 bridgehead atoms. The quantitative estimate of drug-likeness (QED) is 0.631. The lowest BCUT2D eigenvalue weighted by molar-refractivity contribution is 0.521. The number of benzene rings is 2. The molecule has 5 nitrogen and oxygen atoms in total. The first-order valence-corrected chi connectivity index (χ1v) is 10.4. The SMILES string of the molecule is Cc1c(-c2ccc(S(=O)(=O)N(C)C)cc2)c2ccccc2n1CC(F)=CCN.Cl. The van der Waals surface area contributed by atoms with E-state index >= 15 is 0 Å². The maximum Gasteiger partial charge on any atom is 0.242 e. The maximum atomic E-state index is 14.2. The van der Waals surface area contributed by atoms with Crippen molar-refractivity contribution in [1.29, 1.82) is 0 Å². The van der Waals surface area contributed by atoms with Gasteiger partial charge in [-0.15, -0.1) is 12.4 Å². The average Bonchev–Trinajstić information content (AvgIpc) is 2.94. The predicted octanol–water partition coefficient (Wildman–Crippen LogP) is 4.10. The highest BCUT2D eigenvalue weighted by Gasteiger charge is 2.19. The van der Waals surface area contributed by atoms with Gasteiger partial charge in [0.1, 0.15) is 5.83 Å². The Kier molecular flexibility index (Phi) is 7.24. The van der Waals surface area contributed by atoms with Crippen LogP contribution in [0.2, 0.25) is 0 Å². The summed E-state index contributed by atoms with van der Waals surface area (Å²) in [7, 11) is -0.477. The van der Waals surface area contributed by atoms with Crippen LogP contribution in [0.15, 0.2) is 65.3 Å². The molecule has 156 valence electrons. The number of nitrogens with two attached hydrogens (primary N) is 1. The van der Waals surface area contributed by atoms with Crippen molar-refractivity contribution in [2.45, 2.75) is 18.4 Å². The summed E-state index contributed by atoms with van der Waals surface area (Å²) in [4.78, 5) is 0.236. The van der Waals surface area contributed by atoms with Crippen LogP contribution in [0.4, 0.5) is 4.39 Å². The summed E-state index contributed by atoms with van der Waals surface area (Å²) in [6, 6.07) is 14.6. The Morgan fingerprint density at radius 2 is 1.76 bits per heavy atom. The molecule has 2 N–H and O–H groups in total. The fourth-order valence-corrected chi connectivity index (χ4v) is 4.25. The maximum absolute atomic E-state index is 14.2. The number of sulfonamides is 1. The summed E-state index contributed by atoms with van der Waals surface area (Å²) in [5, 5.41) is 0.990. The minimum absolute atomic E-state index is 0. The van der Waals surface area contributed by atoms with E-state index in [9.17, 15) is 12.8 Å². The molecule has 0 aliphatic carbocycles. The molecule has 0 radical (unpaired) electrons. The Hall–Kier alpha value is -2.19. The van der Waals surface area contributed by atoms with Gasteiger partial charge in [0.2, 0.25) is 10.0 Å². The standard InChI is InChI=1S/C21H24FN3O2S.ClH/c1-15-21(16-8-10-18(11-9-16)28(26,27)24(2)3)19-6-4-5-7-20(19)25(15)14-17(22)12-13-23;/h4-12H,13-14,23H2,1-3H3;1H. The lowest BCUT2D eigenvalue weighted by Crippen LogP contribution is -2.22. The van der Waals surface area contributed by atoms with E-state index < -0.39 is 10.0 Å². The van der Waals surface area contributed by atoms with Crippen molar-refractivity contribution in [3.05, 3.63) is 66.1 Å². The lowest BCUT2D eigenvalue weighted by Gasteiger charge is -2.12. The fraction of sp³-hybridized carbons (Fsp3) is 0.238. The molecule has 0 saturated carbocycles. The normalized spacial score (nSPS) is 12.4. The molecule has 3 rings (SSSR count). The Morgan fingerprint density at radius 3 is 2.34 bits per heavy atom. The van der Waals surface area contributed by atoms with E-state index in [0.29, 0.717) is 0 Å². The van der Waals surface area contributed by atoms with Gasteiger partial charge >= 0.3 is 0 Å². The van der Waals surface area contributed by atoms with E-state index in [2.05, 4.69) is 0 Å². The number of nitrogens with zero attached hydrogens (tertiary/aromatic N) is 2. The zero-order chi connectivity index (χ0) is 20.5. The molecule has 0 amide bonds. The van der Waals surface area contributed by atoms with Crippen LogP contribution in [0.5, 0.6) is 0 Å². The van der Waals surface area contributed by atoms with Gasteiger partial charge in [-0.25, -0.2) is 17.1 Å². The number of para-hydroxylation sites is 1. The molecule has 0 fully saturated rings. The minimum atomic E-state index is -3.49. The van der Waals surface area contributed by atoms with E-state index in [1.807, 2.05) is 35.8 Å². The third-order valence-electron chi connectivity index (χ3n) is 4.80. The van der Waals surface area contributed by atoms with Crippen molar-refractivity contribution in [1.82, 2.24) is 8.87 Å². The summed E-state index contributed by atoms with van der Waals surface area (Å²) >= 11 is 0. The second-order valence-electron chi connectivity index (χ2n) is 6.76. The van der Waals surface area contributed by atoms with E-state index in [1.54, 1.807) is 24.3 Å². The second-order valence-corrected chi connectivity index (χ2v) is 8.91. The molecular weight excluding hydrogens is 413 g/mol. The minimum Gasteiger partial charge on any atom is -0.337 e. The number of hydrogen-bond donors (Lipinski definition) is 1. The average molecular weight is 438 g/mol. The third kappa shape index (κ3) is 4.38. The molecule has 0 atom stereocenters. The van der Waals surface area contributed by atoms with Gasteiger partial charge in [0.05, 0.1) is 11.4 Å². The van der Waals surface area contributed by atoms with E-state index in [-0.39, 0.29) is 36.2 Å². The first-order chi connectivity index (χ1) is 13.3. The molecule has 2 aromatic carbocycles. The van der Waals surface area contributed by atoms with E-state index in [1.165, 1.54) is 24.5 Å². The fourth-order valence-electron chi connectivity index (χ4n) is 3.35. The molecule has 0 saturated heterocycles. The summed E-state index contributed by atoms with van der Waals surface area (Å²) < 4.78 is 41.9. The summed E-state index contributed by atoms with van der Waals surface area (Å²) in [5.41, 5.74) is 9.09. The first-order valence-electron chi connectivity index (χ1n) is 8.92. The van der Waals surface area contributed by atoms with Crippen LogP contribution in [-0.4, -0.2) is 37.9 Å². The Balaban J connectivity index is 0.00000300. The summed E-state index contributed by atoms with van der Waals surface area (Å²) in [6.07, 6.45) is 1.37. The van der Waals surface area contributed by atoms with Crippen LogP contribution < -0.4 is 5.73 Å². The van der Waals surface area contributed by atoms with Crippen molar-refractivity contribution in [2.24, 2.45) is 5.73 Å². The molecule has 1 heterocycles. The highest BCUT2D eigenvalue weighted by Crippen LogP contribution is 2.35. The predicted molar refractivity (Wildman–Crippen MR) is 118 cm³/mol. The molecule has 29 heavy (non-hydrogen) atoms. The molecule has 8 heteroatoms. The van der Waals surface area contributed by atoms with Gasteiger partial charge in [0.25, 0.3) is 0 Å². The smallest absolute Gasteiger partial charge is 0.242 e. The summed E-state index contributed by atoms with van der Waals surface area (Å²) in [6.45, 7) is 2.20. The molecule has 3 aromatic rings. The molecular formula is C21H25ClFN3O2S. The molecule has 0 aliphatic rings. The second kappa shape index (κ2) is 9.09. The first kappa shape index (κ1) is 23.1. The largest absolute Gasteiger partial charge is 0.337 e. The lowest BCUT2D eigenvalue weighted by atomic mass is 10.0. The zero-order valence-electron chi connectivity index (χ0n) is 16.6. The van der Waals surface area contributed by atoms with Gasteiger partial charge in [0, 0.05) is 42.8 Å². The monoisotopic (exact) mass is 437 g/mol. The van der Waals surface area contributed by atoms with Crippen LogP contribution in [0, 0.1) is 6.92 Å². The van der Waals surface area contributed by atoms with Crippen LogP contribution in [-0.2, 0) is 16.6 Å². The Bertz CT molecular complexity index is 1140. The van der Waals surface area contributed by atoms with Crippen molar-refractivity contribution >= 4 is 33.3 Å². The van der Waals surface area contributed by atoms with Crippen molar-refractivity contribution in [2.75, 3.05) is 20.6 Å². The van der Waals surface area contributed by atoms with Crippen LogP contribution >= 0.6 is 12.4 Å². The van der Waals surface area contributed by atoms with Crippen LogP contribution in [0.25, 0.3) is 22.0 Å².